The zero-order valence-electron chi connectivity index (χ0n) is 17.5. The van der Waals surface area contributed by atoms with Gasteiger partial charge in [-0.15, -0.1) is 0 Å². The quantitative estimate of drug-likeness (QED) is 0.573. The van der Waals surface area contributed by atoms with Crippen molar-refractivity contribution < 1.29 is 4.79 Å². The van der Waals surface area contributed by atoms with Crippen molar-refractivity contribution in [3.05, 3.63) is 26.7 Å². The number of aromatic amines is 1. The molecule has 2 rings (SSSR count). The molecule has 0 atom stereocenters. The predicted octanol–water partition coefficient (Wildman–Crippen LogP) is 2.19. The summed E-state index contributed by atoms with van der Waals surface area (Å²) in [7, 11) is 0. The SMILES string of the molecule is CCCCNC(=O)CCc1nc2c(c(=O)[nH]c(=O)n2CCCC)n1CC(C)C. The van der Waals surface area contributed by atoms with Gasteiger partial charge >= 0.3 is 5.69 Å². The first-order valence-corrected chi connectivity index (χ1v) is 10.4. The van der Waals surface area contributed by atoms with Gasteiger partial charge in [-0.3, -0.25) is 19.1 Å². The van der Waals surface area contributed by atoms with Crippen molar-refractivity contribution in [2.75, 3.05) is 6.54 Å². The van der Waals surface area contributed by atoms with Gasteiger partial charge in [0, 0.05) is 32.5 Å². The lowest BCUT2D eigenvalue weighted by Crippen LogP contribution is -2.31. The van der Waals surface area contributed by atoms with E-state index in [1.54, 1.807) is 4.57 Å². The number of unbranched alkanes of at least 4 members (excludes halogenated alkanes) is 2. The predicted molar refractivity (Wildman–Crippen MR) is 111 cm³/mol. The van der Waals surface area contributed by atoms with Crippen molar-refractivity contribution in [3.63, 3.8) is 0 Å². The Hall–Kier alpha value is -2.38. The van der Waals surface area contributed by atoms with Crippen LogP contribution >= 0.6 is 0 Å². The minimum Gasteiger partial charge on any atom is -0.356 e. The van der Waals surface area contributed by atoms with Crippen LogP contribution in [0.5, 0.6) is 0 Å². The number of amides is 1. The van der Waals surface area contributed by atoms with Crippen LogP contribution in [0.15, 0.2) is 9.59 Å². The highest BCUT2D eigenvalue weighted by Crippen LogP contribution is 2.16. The van der Waals surface area contributed by atoms with Gasteiger partial charge in [-0.05, 0) is 18.8 Å². The number of hydrogen-bond donors (Lipinski definition) is 2. The molecule has 0 bridgehead atoms. The van der Waals surface area contributed by atoms with E-state index in [1.807, 2.05) is 11.5 Å². The number of carbonyl (C=O) groups excluding carboxylic acids is 1. The van der Waals surface area contributed by atoms with E-state index in [0.717, 1.165) is 25.7 Å². The molecule has 0 radical (unpaired) electrons. The van der Waals surface area contributed by atoms with Gasteiger partial charge in [0.15, 0.2) is 11.2 Å². The number of rotatable bonds is 11. The molecule has 0 aliphatic rings. The highest BCUT2D eigenvalue weighted by atomic mass is 16.2. The first-order valence-electron chi connectivity index (χ1n) is 10.4. The number of fused-ring (bicyclic) bond motifs is 1. The Kier molecular flexibility index (Phi) is 8.02. The lowest BCUT2D eigenvalue weighted by atomic mass is 10.2. The van der Waals surface area contributed by atoms with E-state index in [-0.39, 0.29) is 5.91 Å². The van der Waals surface area contributed by atoms with Gasteiger partial charge in [0.1, 0.15) is 5.82 Å². The van der Waals surface area contributed by atoms with Gasteiger partial charge in [-0.25, -0.2) is 9.78 Å². The number of H-pyrrole nitrogens is 1. The number of aryl methyl sites for hydroxylation is 2. The molecule has 2 heterocycles. The first-order chi connectivity index (χ1) is 13.4. The number of aromatic nitrogens is 4. The highest BCUT2D eigenvalue weighted by Gasteiger charge is 2.19. The molecule has 0 saturated heterocycles. The molecule has 2 N–H and O–H groups in total. The number of hydrogen-bond acceptors (Lipinski definition) is 4. The van der Waals surface area contributed by atoms with Crippen LogP contribution in [0.25, 0.3) is 11.2 Å². The molecule has 1 amide bonds. The molecule has 8 nitrogen and oxygen atoms in total. The van der Waals surface area contributed by atoms with Gasteiger partial charge in [0.25, 0.3) is 5.56 Å². The van der Waals surface area contributed by atoms with Crippen molar-refractivity contribution in [3.8, 4) is 0 Å². The Morgan fingerprint density at radius 1 is 1.14 bits per heavy atom. The summed E-state index contributed by atoms with van der Waals surface area (Å²) in [5, 5.41) is 2.91. The third-order valence-corrected chi connectivity index (χ3v) is 4.68. The minimum atomic E-state index is -0.427. The number of nitrogens with one attached hydrogen (secondary N) is 2. The summed E-state index contributed by atoms with van der Waals surface area (Å²) in [6, 6.07) is 0. The molecule has 0 spiro atoms. The Morgan fingerprint density at radius 2 is 1.86 bits per heavy atom. The monoisotopic (exact) mass is 391 g/mol. The van der Waals surface area contributed by atoms with Crippen molar-refractivity contribution in [2.45, 2.75) is 79.3 Å². The Balaban J connectivity index is 2.41. The summed E-state index contributed by atoms with van der Waals surface area (Å²) >= 11 is 0. The molecular weight excluding hydrogens is 358 g/mol. The van der Waals surface area contributed by atoms with Crippen LogP contribution in [-0.2, 0) is 24.3 Å². The molecule has 2 aromatic heterocycles. The molecule has 0 saturated carbocycles. The molecule has 0 aliphatic heterocycles. The summed E-state index contributed by atoms with van der Waals surface area (Å²) in [6.07, 6.45) is 4.49. The molecular formula is C20H33N5O3. The second kappa shape index (κ2) is 10.2. The highest BCUT2D eigenvalue weighted by molar-refractivity contribution is 5.76. The smallest absolute Gasteiger partial charge is 0.330 e. The van der Waals surface area contributed by atoms with Crippen LogP contribution in [0.3, 0.4) is 0 Å². The molecule has 0 fully saturated rings. The van der Waals surface area contributed by atoms with Gasteiger partial charge in [0.2, 0.25) is 5.91 Å². The molecule has 8 heteroatoms. The second-order valence-corrected chi connectivity index (χ2v) is 7.67. The standard InChI is InChI=1S/C20H33N5O3/c1-5-7-11-21-16(26)10-9-15-22-18-17(25(15)13-14(3)4)19(27)23-20(28)24(18)12-8-6-2/h14H,5-13H2,1-4H3,(H,21,26)(H,23,27,28). The number of imidazole rings is 1. The Labute approximate surface area is 165 Å². The van der Waals surface area contributed by atoms with E-state index in [1.165, 1.54) is 0 Å². The third kappa shape index (κ3) is 5.33. The fourth-order valence-corrected chi connectivity index (χ4v) is 3.21. The lowest BCUT2D eigenvalue weighted by molar-refractivity contribution is -0.121. The number of nitrogens with zero attached hydrogens (tertiary/aromatic N) is 3. The van der Waals surface area contributed by atoms with E-state index in [0.29, 0.717) is 55.4 Å². The maximum absolute atomic E-state index is 12.5. The van der Waals surface area contributed by atoms with Crippen LogP contribution in [0.1, 0.15) is 65.6 Å². The van der Waals surface area contributed by atoms with E-state index < -0.39 is 11.2 Å². The normalized spacial score (nSPS) is 11.5. The van der Waals surface area contributed by atoms with E-state index >= 15 is 0 Å². The van der Waals surface area contributed by atoms with Crippen LogP contribution in [0.2, 0.25) is 0 Å². The zero-order valence-corrected chi connectivity index (χ0v) is 17.5. The summed E-state index contributed by atoms with van der Waals surface area (Å²) in [5.41, 5.74) is -0.00131. The second-order valence-electron chi connectivity index (χ2n) is 7.67. The zero-order chi connectivity index (χ0) is 20.7. The minimum absolute atomic E-state index is 0.0196. The van der Waals surface area contributed by atoms with Gasteiger partial charge in [-0.2, -0.15) is 0 Å². The summed E-state index contributed by atoms with van der Waals surface area (Å²) in [5.74, 6) is 0.953. The van der Waals surface area contributed by atoms with Crippen molar-refractivity contribution in [1.29, 1.82) is 0 Å². The molecule has 156 valence electrons. The van der Waals surface area contributed by atoms with Gasteiger partial charge < -0.3 is 9.88 Å². The van der Waals surface area contributed by atoms with Crippen LogP contribution < -0.4 is 16.6 Å². The first kappa shape index (κ1) is 21.9. The summed E-state index contributed by atoms with van der Waals surface area (Å²) in [4.78, 5) is 44.0. The fourth-order valence-electron chi connectivity index (χ4n) is 3.21. The average Bonchev–Trinajstić information content (AvgIpc) is 2.98. The average molecular weight is 392 g/mol. The van der Waals surface area contributed by atoms with E-state index in [9.17, 15) is 14.4 Å². The van der Waals surface area contributed by atoms with E-state index in [4.69, 9.17) is 0 Å². The topological polar surface area (TPSA) is 102 Å². The van der Waals surface area contributed by atoms with Crippen LogP contribution in [0, 0.1) is 5.92 Å². The third-order valence-electron chi connectivity index (χ3n) is 4.68. The van der Waals surface area contributed by atoms with Gasteiger partial charge in [-0.1, -0.05) is 40.5 Å². The molecule has 28 heavy (non-hydrogen) atoms. The maximum Gasteiger partial charge on any atom is 0.330 e. The van der Waals surface area contributed by atoms with E-state index in [2.05, 4.69) is 36.1 Å². The Bertz CT molecular complexity index is 907. The van der Waals surface area contributed by atoms with Crippen LogP contribution in [-0.4, -0.2) is 31.6 Å². The number of carbonyl (C=O) groups is 1. The largest absolute Gasteiger partial charge is 0.356 e. The molecule has 0 aliphatic carbocycles. The van der Waals surface area contributed by atoms with Crippen molar-refractivity contribution in [2.24, 2.45) is 5.92 Å². The van der Waals surface area contributed by atoms with Crippen molar-refractivity contribution in [1.82, 2.24) is 24.4 Å². The summed E-state index contributed by atoms with van der Waals surface area (Å²) in [6.45, 7) is 10.1. The van der Waals surface area contributed by atoms with Gasteiger partial charge in [0.05, 0.1) is 0 Å². The lowest BCUT2D eigenvalue weighted by Gasteiger charge is -2.11. The Morgan fingerprint density at radius 3 is 2.50 bits per heavy atom. The molecule has 0 aromatic carbocycles. The van der Waals surface area contributed by atoms with Crippen LogP contribution in [0.4, 0.5) is 0 Å². The molecule has 2 aromatic rings. The molecule has 0 unspecified atom stereocenters. The van der Waals surface area contributed by atoms with Crippen molar-refractivity contribution >= 4 is 17.1 Å². The summed E-state index contributed by atoms with van der Waals surface area (Å²) < 4.78 is 3.42. The fraction of sp³-hybridized carbons (Fsp3) is 0.700. The maximum atomic E-state index is 12.5.